The molecule has 0 atom stereocenters. The van der Waals surface area contributed by atoms with Gasteiger partial charge in [-0.05, 0) is 55.1 Å². The minimum atomic E-state index is -3.25. The number of piperazine rings is 1. The molecule has 0 aliphatic carbocycles. The van der Waals surface area contributed by atoms with Crippen LogP contribution in [0.15, 0.2) is 71.8 Å². The van der Waals surface area contributed by atoms with Gasteiger partial charge in [0.1, 0.15) is 0 Å². The molecule has 0 spiro atoms. The van der Waals surface area contributed by atoms with Crippen molar-refractivity contribution in [3.05, 3.63) is 66.9 Å². The van der Waals surface area contributed by atoms with Crippen molar-refractivity contribution in [1.82, 2.24) is 24.9 Å². The number of rotatable bonds is 6. The van der Waals surface area contributed by atoms with Crippen LogP contribution in [0.4, 0.5) is 17.3 Å². The highest BCUT2D eigenvalue weighted by Crippen LogP contribution is 2.29. The van der Waals surface area contributed by atoms with Crippen molar-refractivity contribution >= 4 is 32.8 Å². The van der Waals surface area contributed by atoms with E-state index in [9.17, 15) is 8.42 Å². The highest BCUT2D eigenvalue weighted by atomic mass is 32.2. The first-order chi connectivity index (χ1) is 16.8. The number of aromatic nitrogens is 3. The minimum Gasteiger partial charge on any atom is -0.369 e. The first-order valence-electron chi connectivity index (χ1n) is 11.5. The molecule has 1 aliphatic heterocycles. The van der Waals surface area contributed by atoms with E-state index < -0.39 is 9.84 Å². The van der Waals surface area contributed by atoms with E-state index in [-0.39, 0.29) is 4.90 Å². The summed E-state index contributed by atoms with van der Waals surface area (Å²) >= 11 is 0. The number of likely N-dealkylation sites (N-methyl/N-ethyl adjacent to an activating group) is 1. The number of nitrogens with zero attached hydrogens (tertiary/aromatic N) is 6. The number of anilines is 3. The summed E-state index contributed by atoms with van der Waals surface area (Å²) in [5.41, 5.74) is 7.76. The molecule has 0 bridgehead atoms. The number of fused-ring (bicyclic) bond motifs is 1. The van der Waals surface area contributed by atoms with E-state index in [1.165, 1.54) is 11.9 Å². The van der Waals surface area contributed by atoms with Gasteiger partial charge in [0.05, 0.1) is 10.6 Å². The smallest absolute Gasteiger partial charge is 0.264 e. The molecule has 182 valence electrons. The Bertz CT molecular complexity index is 1440. The molecule has 0 unspecified atom stereocenters. The summed E-state index contributed by atoms with van der Waals surface area (Å²) in [7, 11) is 0.745. The number of hydrazine groups is 1. The zero-order chi connectivity index (χ0) is 24.6. The normalized spacial score (nSPS) is 15.0. The van der Waals surface area contributed by atoms with E-state index >= 15 is 0 Å². The van der Waals surface area contributed by atoms with Gasteiger partial charge in [0.15, 0.2) is 15.5 Å². The third-order valence-electron chi connectivity index (χ3n) is 6.32. The average Bonchev–Trinajstić information content (AvgIpc) is 3.29. The molecule has 2 aromatic carbocycles. The van der Waals surface area contributed by atoms with Crippen molar-refractivity contribution < 1.29 is 8.42 Å². The fourth-order valence-electron chi connectivity index (χ4n) is 4.33. The predicted molar refractivity (Wildman–Crippen MR) is 139 cm³/mol. The summed E-state index contributed by atoms with van der Waals surface area (Å²) in [6.45, 7) is 4.07. The van der Waals surface area contributed by atoms with E-state index in [0.29, 0.717) is 11.6 Å². The van der Waals surface area contributed by atoms with Crippen LogP contribution in [-0.2, 0) is 9.84 Å². The van der Waals surface area contributed by atoms with Crippen LogP contribution < -0.4 is 15.3 Å². The van der Waals surface area contributed by atoms with Gasteiger partial charge in [0.2, 0.25) is 0 Å². The molecule has 10 heteroatoms. The second-order valence-corrected chi connectivity index (χ2v) is 10.8. The Balaban J connectivity index is 1.49. The molecule has 1 aliphatic rings. The monoisotopic (exact) mass is 491 g/mol. The van der Waals surface area contributed by atoms with Gasteiger partial charge >= 0.3 is 0 Å². The average molecular weight is 492 g/mol. The summed E-state index contributed by atoms with van der Waals surface area (Å²) in [5.74, 6) is 0.517. The van der Waals surface area contributed by atoms with Gasteiger partial charge in [0, 0.05) is 56.9 Å². The standard InChI is InChI=1S/C25H29N7O2S/c1-26-32(21-7-4-6-20(18-21)30-16-14-29(2)15-17-30)25-27-24-23(8-5-13-31(24)28-25)19-9-11-22(12-10-19)35(3,33)34/h4-13,18,26H,14-17H2,1-3H3. The fourth-order valence-corrected chi connectivity index (χ4v) is 4.97. The third-order valence-corrected chi connectivity index (χ3v) is 7.45. The summed E-state index contributed by atoms with van der Waals surface area (Å²) in [4.78, 5) is 9.86. The second-order valence-electron chi connectivity index (χ2n) is 8.77. The lowest BCUT2D eigenvalue weighted by Crippen LogP contribution is -2.44. The first kappa shape index (κ1) is 23.3. The zero-order valence-electron chi connectivity index (χ0n) is 20.1. The van der Waals surface area contributed by atoms with Crippen molar-refractivity contribution in [2.45, 2.75) is 4.90 Å². The van der Waals surface area contributed by atoms with Gasteiger partial charge in [-0.25, -0.2) is 23.4 Å². The van der Waals surface area contributed by atoms with E-state index in [2.05, 4.69) is 40.5 Å². The lowest BCUT2D eigenvalue weighted by Gasteiger charge is -2.34. The number of hydrogen-bond acceptors (Lipinski definition) is 8. The largest absolute Gasteiger partial charge is 0.369 e. The number of pyridine rings is 1. The van der Waals surface area contributed by atoms with Crippen molar-refractivity contribution in [3.8, 4) is 11.1 Å². The molecule has 1 saturated heterocycles. The van der Waals surface area contributed by atoms with Crippen molar-refractivity contribution in [2.75, 3.05) is 56.4 Å². The van der Waals surface area contributed by atoms with Crippen LogP contribution in [0.3, 0.4) is 0 Å². The molecular weight excluding hydrogens is 462 g/mol. The van der Waals surface area contributed by atoms with Gasteiger partial charge in [-0.3, -0.25) is 0 Å². The molecule has 35 heavy (non-hydrogen) atoms. The lowest BCUT2D eigenvalue weighted by atomic mass is 10.1. The molecule has 4 aromatic rings. The Morgan fingerprint density at radius 2 is 1.71 bits per heavy atom. The number of sulfone groups is 1. The molecule has 2 aromatic heterocycles. The fraction of sp³-hybridized carbons (Fsp3) is 0.280. The van der Waals surface area contributed by atoms with Crippen LogP contribution in [0, 0.1) is 0 Å². The Kier molecular flexibility index (Phi) is 6.18. The van der Waals surface area contributed by atoms with Crippen LogP contribution in [0.25, 0.3) is 16.8 Å². The van der Waals surface area contributed by atoms with Gasteiger partial charge in [-0.2, -0.15) is 4.98 Å². The van der Waals surface area contributed by atoms with Crippen LogP contribution in [0.2, 0.25) is 0 Å². The summed E-state index contributed by atoms with van der Waals surface area (Å²) < 4.78 is 25.4. The minimum absolute atomic E-state index is 0.289. The molecule has 0 radical (unpaired) electrons. The van der Waals surface area contributed by atoms with Gasteiger partial charge in [-0.1, -0.05) is 18.2 Å². The summed E-state index contributed by atoms with van der Waals surface area (Å²) in [5, 5.41) is 6.57. The van der Waals surface area contributed by atoms with Gasteiger partial charge in [0.25, 0.3) is 5.95 Å². The van der Waals surface area contributed by atoms with E-state index in [1.807, 2.05) is 36.5 Å². The molecular formula is C25H29N7O2S. The Hall–Kier alpha value is -3.47. The maximum atomic E-state index is 11.8. The van der Waals surface area contributed by atoms with Crippen LogP contribution >= 0.6 is 0 Å². The molecule has 1 N–H and O–H groups in total. The van der Waals surface area contributed by atoms with Crippen molar-refractivity contribution in [2.24, 2.45) is 0 Å². The van der Waals surface area contributed by atoms with Crippen molar-refractivity contribution in [3.63, 3.8) is 0 Å². The highest BCUT2D eigenvalue weighted by molar-refractivity contribution is 7.90. The third kappa shape index (κ3) is 4.72. The number of nitrogens with one attached hydrogen (secondary N) is 1. The SMILES string of the molecule is CNN(c1cccc(N2CCN(C)CC2)c1)c1nc2c(-c3ccc(S(C)(=O)=O)cc3)cccn2n1. The van der Waals surface area contributed by atoms with E-state index in [0.717, 1.165) is 43.0 Å². The van der Waals surface area contributed by atoms with E-state index in [1.54, 1.807) is 28.8 Å². The lowest BCUT2D eigenvalue weighted by molar-refractivity contribution is 0.313. The molecule has 1 fully saturated rings. The molecule has 9 nitrogen and oxygen atoms in total. The zero-order valence-corrected chi connectivity index (χ0v) is 20.9. The first-order valence-corrected chi connectivity index (χ1v) is 13.4. The molecule has 0 amide bonds. The van der Waals surface area contributed by atoms with Crippen LogP contribution in [0.1, 0.15) is 0 Å². The van der Waals surface area contributed by atoms with Gasteiger partial charge < -0.3 is 9.80 Å². The van der Waals surface area contributed by atoms with Crippen molar-refractivity contribution in [1.29, 1.82) is 0 Å². The van der Waals surface area contributed by atoms with Gasteiger partial charge in [-0.15, -0.1) is 5.10 Å². The second kappa shape index (κ2) is 9.29. The Labute approximate surface area is 205 Å². The summed E-state index contributed by atoms with van der Waals surface area (Å²) in [6, 6.07) is 19.1. The Morgan fingerprint density at radius 3 is 2.40 bits per heavy atom. The maximum Gasteiger partial charge on any atom is 0.264 e. The Morgan fingerprint density at radius 1 is 0.971 bits per heavy atom. The quantitative estimate of drug-likeness (QED) is 0.412. The van der Waals surface area contributed by atoms with Crippen LogP contribution in [-0.4, -0.2) is 74.4 Å². The predicted octanol–water partition coefficient (Wildman–Crippen LogP) is 2.82. The van der Waals surface area contributed by atoms with Crippen LogP contribution in [0.5, 0.6) is 0 Å². The topological polar surface area (TPSA) is 86.1 Å². The highest BCUT2D eigenvalue weighted by Gasteiger charge is 2.19. The van der Waals surface area contributed by atoms with E-state index in [4.69, 9.17) is 10.1 Å². The molecule has 3 heterocycles. The number of benzene rings is 2. The number of hydrogen-bond donors (Lipinski definition) is 1. The molecule has 5 rings (SSSR count). The summed E-state index contributed by atoms with van der Waals surface area (Å²) in [6.07, 6.45) is 3.06. The maximum absolute atomic E-state index is 11.8. The molecule has 0 saturated carbocycles.